The first-order chi connectivity index (χ1) is 8.00. The van der Waals surface area contributed by atoms with Gasteiger partial charge in [-0.2, -0.15) is 0 Å². The number of carbonyl (C=O) groups is 1. The van der Waals surface area contributed by atoms with Crippen LogP contribution in [0.3, 0.4) is 0 Å². The van der Waals surface area contributed by atoms with Gasteiger partial charge in [-0.05, 0) is 35.4 Å². The van der Waals surface area contributed by atoms with Crippen LogP contribution in [-0.4, -0.2) is 28.5 Å². The summed E-state index contributed by atoms with van der Waals surface area (Å²) >= 11 is 2.13. The van der Waals surface area contributed by atoms with E-state index in [-0.39, 0.29) is 11.9 Å². The van der Waals surface area contributed by atoms with Crippen molar-refractivity contribution in [3.05, 3.63) is 16.1 Å². The second-order valence-corrected chi connectivity index (χ2v) is 5.39. The molecule has 1 unspecified atom stereocenters. The van der Waals surface area contributed by atoms with Crippen LogP contribution in [0, 0.1) is 9.49 Å². The van der Waals surface area contributed by atoms with Crippen LogP contribution in [-0.2, 0) is 4.79 Å². The molecule has 1 rings (SSSR count). The van der Waals surface area contributed by atoms with Gasteiger partial charge in [0.1, 0.15) is 18.2 Å². The Hall–Kier alpha value is -0.920. The lowest BCUT2D eigenvalue weighted by Crippen LogP contribution is -2.39. The minimum atomic E-state index is -0.308. The topological polar surface area (TPSA) is 66.9 Å². The summed E-state index contributed by atoms with van der Waals surface area (Å²) < 4.78 is 0.897. The van der Waals surface area contributed by atoms with Crippen molar-refractivity contribution in [3.63, 3.8) is 0 Å². The van der Waals surface area contributed by atoms with Gasteiger partial charge in [-0.15, -0.1) is 0 Å². The second kappa shape index (κ2) is 6.73. The number of aromatic nitrogens is 2. The summed E-state index contributed by atoms with van der Waals surface area (Å²) in [4.78, 5) is 19.7. The van der Waals surface area contributed by atoms with Gasteiger partial charge in [-0.3, -0.25) is 4.79 Å². The van der Waals surface area contributed by atoms with Crippen LogP contribution in [0.5, 0.6) is 0 Å². The molecule has 1 amide bonds. The van der Waals surface area contributed by atoms with Crippen LogP contribution in [0.1, 0.15) is 20.8 Å². The molecule has 0 saturated heterocycles. The van der Waals surface area contributed by atoms with Gasteiger partial charge < -0.3 is 10.6 Å². The molecule has 0 radical (unpaired) electrons. The fourth-order valence-electron chi connectivity index (χ4n) is 1.15. The summed E-state index contributed by atoms with van der Waals surface area (Å²) in [6.07, 6.45) is 3.16. The molecule has 0 aliphatic heterocycles. The molecule has 0 aliphatic rings. The molecule has 0 saturated carbocycles. The van der Waals surface area contributed by atoms with E-state index in [1.54, 1.807) is 6.20 Å². The quantitative estimate of drug-likeness (QED) is 0.795. The Morgan fingerprint density at radius 1 is 1.47 bits per heavy atom. The molecule has 2 N–H and O–H groups in total. The van der Waals surface area contributed by atoms with E-state index in [0.717, 1.165) is 3.57 Å². The number of amides is 1. The minimum absolute atomic E-state index is 0.0203. The number of nitrogens with one attached hydrogen (secondary N) is 2. The molecule has 1 aromatic heterocycles. The van der Waals surface area contributed by atoms with E-state index in [0.29, 0.717) is 18.3 Å². The number of rotatable bonds is 5. The highest BCUT2D eigenvalue weighted by molar-refractivity contribution is 14.1. The Morgan fingerprint density at radius 3 is 2.76 bits per heavy atom. The highest BCUT2D eigenvalue weighted by atomic mass is 127. The first kappa shape index (κ1) is 14.1. The van der Waals surface area contributed by atoms with Gasteiger partial charge >= 0.3 is 0 Å². The van der Waals surface area contributed by atoms with Crippen LogP contribution < -0.4 is 10.6 Å². The maximum absolute atomic E-state index is 11.7. The Morgan fingerprint density at radius 2 is 2.18 bits per heavy atom. The third kappa shape index (κ3) is 4.84. The summed E-state index contributed by atoms with van der Waals surface area (Å²) in [5.41, 5.74) is 0. The van der Waals surface area contributed by atoms with E-state index in [1.165, 1.54) is 6.33 Å². The predicted octanol–water partition coefficient (Wildman–Crippen LogP) is 1.65. The Labute approximate surface area is 115 Å². The standard InChI is InChI=1S/C11H17IN4O/c1-7(2)4-14-11(17)8(3)16-10-9(12)5-13-6-15-10/h5-8H,4H2,1-3H3,(H,14,17)(H,13,15,16). The number of hydrogen-bond donors (Lipinski definition) is 2. The molecule has 0 aromatic carbocycles. The number of carbonyl (C=O) groups excluding carboxylic acids is 1. The first-order valence-electron chi connectivity index (χ1n) is 5.50. The molecule has 1 heterocycles. The van der Waals surface area contributed by atoms with Crippen molar-refractivity contribution in [2.24, 2.45) is 5.92 Å². The van der Waals surface area contributed by atoms with E-state index >= 15 is 0 Å². The zero-order valence-electron chi connectivity index (χ0n) is 10.2. The largest absolute Gasteiger partial charge is 0.358 e. The second-order valence-electron chi connectivity index (χ2n) is 4.22. The molecule has 1 atom stereocenters. The van der Waals surface area contributed by atoms with Crippen LogP contribution >= 0.6 is 22.6 Å². The van der Waals surface area contributed by atoms with Gasteiger partial charge in [0.05, 0.1) is 3.57 Å². The van der Waals surface area contributed by atoms with E-state index in [2.05, 4.69) is 57.0 Å². The van der Waals surface area contributed by atoms with Crippen LogP contribution in [0.15, 0.2) is 12.5 Å². The van der Waals surface area contributed by atoms with Crippen LogP contribution in [0.2, 0.25) is 0 Å². The molecule has 1 aromatic rings. The van der Waals surface area contributed by atoms with Crippen molar-refractivity contribution < 1.29 is 4.79 Å². The maximum atomic E-state index is 11.7. The lowest BCUT2D eigenvalue weighted by Gasteiger charge is -2.16. The van der Waals surface area contributed by atoms with Crippen LogP contribution in [0.25, 0.3) is 0 Å². The summed E-state index contributed by atoms with van der Waals surface area (Å²) in [6, 6.07) is -0.308. The number of halogens is 1. The van der Waals surface area contributed by atoms with Crippen molar-refractivity contribution >= 4 is 34.3 Å². The van der Waals surface area contributed by atoms with Crippen LogP contribution in [0.4, 0.5) is 5.82 Å². The van der Waals surface area contributed by atoms with Crippen molar-refractivity contribution in [2.45, 2.75) is 26.8 Å². The molecule has 0 aliphatic carbocycles. The normalized spacial score (nSPS) is 12.3. The highest BCUT2D eigenvalue weighted by Crippen LogP contribution is 2.13. The summed E-state index contributed by atoms with van der Waals surface area (Å²) in [5.74, 6) is 1.12. The Bertz CT molecular complexity index is 383. The van der Waals surface area contributed by atoms with Crippen molar-refractivity contribution in [3.8, 4) is 0 Å². The van der Waals surface area contributed by atoms with Crippen molar-refractivity contribution in [1.29, 1.82) is 0 Å². The molecule has 0 bridgehead atoms. The fourth-order valence-corrected chi connectivity index (χ4v) is 1.60. The van der Waals surface area contributed by atoms with E-state index in [4.69, 9.17) is 0 Å². The van der Waals surface area contributed by atoms with Gasteiger partial charge in [0, 0.05) is 12.7 Å². The molecule has 0 fully saturated rings. The third-order valence-corrected chi connectivity index (χ3v) is 2.89. The molecule has 0 spiro atoms. The van der Waals surface area contributed by atoms with E-state index in [9.17, 15) is 4.79 Å². The van der Waals surface area contributed by atoms with E-state index < -0.39 is 0 Å². The highest BCUT2D eigenvalue weighted by Gasteiger charge is 2.14. The zero-order chi connectivity index (χ0) is 12.8. The molecule has 94 valence electrons. The van der Waals surface area contributed by atoms with Crippen molar-refractivity contribution in [2.75, 3.05) is 11.9 Å². The van der Waals surface area contributed by atoms with Gasteiger partial charge in [-0.25, -0.2) is 9.97 Å². The van der Waals surface area contributed by atoms with Gasteiger partial charge in [0.25, 0.3) is 0 Å². The Kier molecular flexibility index (Phi) is 5.60. The average molecular weight is 348 g/mol. The number of hydrogen-bond acceptors (Lipinski definition) is 4. The molecular weight excluding hydrogens is 331 g/mol. The molecular formula is C11H17IN4O. The molecule has 17 heavy (non-hydrogen) atoms. The zero-order valence-corrected chi connectivity index (χ0v) is 12.4. The van der Waals surface area contributed by atoms with Crippen molar-refractivity contribution in [1.82, 2.24) is 15.3 Å². The minimum Gasteiger partial charge on any atom is -0.358 e. The lowest BCUT2D eigenvalue weighted by molar-refractivity contribution is -0.121. The molecule has 5 nitrogen and oxygen atoms in total. The van der Waals surface area contributed by atoms with Gasteiger partial charge in [-0.1, -0.05) is 13.8 Å². The SMILES string of the molecule is CC(C)CNC(=O)C(C)Nc1ncncc1I. The summed E-state index contributed by atoms with van der Waals surface area (Å²) in [5, 5.41) is 5.94. The summed E-state index contributed by atoms with van der Waals surface area (Å²) in [7, 11) is 0. The van der Waals surface area contributed by atoms with Gasteiger partial charge in [0.15, 0.2) is 0 Å². The predicted molar refractivity (Wildman–Crippen MR) is 75.7 cm³/mol. The lowest BCUT2D eigenvalue weighted by atomic mass is 10.2. The van der Waals surface area contributed by atoms with Gasteiger partial charge in [0.2, 0.25) is 5.91 Å². The Balaban J connectivity index is 2.51. The monoisotopic (exact) mass is 348 g/mol. The summed E-state index contributed by atoms with van der Waals surface area (Å²) in [6.45, 7) is 6.62. The number of anilines is 1. The maximum Gasteiger partial charge on any atom is 0.242 e. The third-order valence-electron chi connectivity index (χ3n) is 2.10. The first-order valence-corrected chi connectivity index (χ1v) is 6.58. The fraction of sp³-hybridized carbons (Fsp3) is 0.545. The average Bonchev–Trinajstić information content (AvgIpc) is 2.28. The smallest absolute Gasteiger partial charge is 0.242 e. The number of nitrogens with zero attached hydrogens (tertiary/aromatic N) is 2. The van der Waals surface area contributed by atoms with E-state index in [1.807, 2.05) is 6.92 Å². The molecule has 6 heteroatoms.